The summed E-state index contributed by atoms with van der Waals surface area (Å²) in [5.41, 5.74) is 5.10. The molecule has 1 aliphatic rings. The Morgan fingerprint density at radius 2 is 1.97 bits per heavy atom. The van der Waals surface area contributed by atoms with Crippen LogP contribution in [0.2, 0.25) is 10.2 Å². The van der Waals surface area contributed by atoms with Crippen molar-refractivity contribution in [1.29, 1.82) is 0 Å². The number of carbonyl (C=O) groups excluding carboxylic acids is 1. The second-order valence-electron chi connectivity index (χ2n) is 8.73. The number of ether oxygens (including phenoxy) is 1. The zero-order valence-corrected chi connectivity index (χ0v) is 21.4. The summed E-state index contributed by atoms with van der Waals surface area (Å²) in [6.07, 6.45) is 6.69. The lowest BCUT2D eigenvalue weighted by atomic mass is 10.0. The second kappa shape index (κ2) is 10.7. The van der Waals surface area contributed by atoms with Gasteiger partial charge in [-0.15, -0.1) is 0 Å². The first-order valence-corrected chi connectivity index (χ1v) is 12.5. The van der Waals surface area contributed by atoms with Gasteiger partial charge in [-0.1, -0.05) is 47.5 Å². The van der Waals surface area contributed by atoms with Crippen molar-refractivity contribution in [2.24, 2.45) is 0 Å². The molecule has 1 N–H and O–H groups in total. The Bertz CT molecular complexity index is 1430. The van der Waals surface area contributed by atoms with Crippen LogP contribution in [0, 0.1) is 0 Å². The number of benzene rings is 2. The largest absolute Gasteiger partial charge is 0.497 e. The standard InChI is InChI=1S/C28H26Cl2N4O2/c1-36-22-8-9-25-23(16-22)24-18-33(13-2-3-19-4-6-21(29)7-5-19)14-11-26(24)34(25)28(35)32-17-20-10-12-31-27(30)15-20/h2-10,12,15-16H,11,13-14,17-18H2,1H3,(H,32,35)/b3-2+. The van der Waals surface area contributed by atoms with Crippen LogP contribution in [0.4, 0.5) is 4.79 Å². The van der Waals surface area contributed by atoms with E-state index in [2.05, 4.69) is 27.4 Å². The SMILES string of the molecule is COc1ccc2c(c1)c1c(n2C(=O)NCc2ccnc(Cl)c2)CCN(C/C=C/c2ccc(Cl)cc2)C1. The van der Waals surface area contributed by atoms with Crippen LogP contribution in [0.3, 0.4) is 0 Å². The van der Waals surface area contributed by atoms with Crippen molar-refractivity contribution >= 4 is 46.2 Å². The molecule has 184 valence electrons. The fraction of sp³-hybridized carbons (Fsp3) is 0.214. The zero-order chi connectivity index (χ0) is 25.1. The van der Waals surface area contributed by atoms with Gasteiger partial charge in [0.1, 0.15) is 10.9 Å². The van der Waals surface area contributed by atoms with E-state index in [0.717, 1.165) is 70.1 Å². The van der Waals surface area contributed by atoms with Crippen LogP contribution >= 0.6 is 23.2 Å². The van der Waals surface area contributed by atoms with Crippen LogP contribution < -0.4 is 10.1 Å². The quantitative estimate of drug-likeness (QED) is 0.308. The maximum absolute atomic E-state index is 13.4. The van der Waals surface area contributed by atoms with Crippen molar-refractivity contribution in [1.82, 2.24) is 19.8 Å². The highest BCUT2D eigenvalue weighted by Gasteiger charge is 2.26. The fourth-order valence-corrected chi connectivity index (χ4v) is 4.95. The molecule has 0 atom stereocenters. The number of methoxy groups -OCH3 is 1. The molecule has 1 amide bonds. The molecule has 1 aliphatic heterocycles. The average Bonchev–Trinajstić information content (AvgIpc) is 3.21. The average molecular weight is 521 g/mol. The molecule has 4 aromatic rings. The predicted octanol–water partition coefficient (Wildman–Crippen LogP) is 6.18. The van der Waals surface area contributed by atoms with Gasteiger partial charge < -0.3 is 10.1 Å². The molecule has 0 fully saturated rings. The maximum atomic E-state index is 13.4. The van der Waals surface area contributed by atoms with Gasteiger partial charge in [-0.25, -0.2) is 9.78 Å². The number of halogens is 2. The van der Waals surface area contributed by atoms with Crippen molar-refractivity contribution < 1.29 is 9.53 Å². The summed E-state index contributed by atoms with van der Waals surface area (Å²) in [7, 11) is 1.66. The van der Waals surface area contributed by atoms with Crippen LogP contribution in [0.1, 0.15) is 22.4 Å². The van der Waals surface area contributed by atoms with Gasteiger partial charge in [0.15, 0.2) is 0 Å². The van der Waals surface area contributed by atoms with Gasteiger partial charge in [-0.2, -0.15) is 0 Å². The number of nitrogens with one attached hydrogen (secondary N) is 1. The minimum atomic E-state index is -0.157. The number of amides is 1. The van der Waals surface area contributed by atoms with E-state index >= 15 is 0 Å². The third-order valence-corrected chi connectivity index (χ3v) is 6.87. The van der Waals surface area contributed by atoms with E-state index in [1.54, 1.807) is 19.4 Å². The first kappa shape index (κ1) is 24.4. The Morgan fingerprint density at radius 3 is 2.75 bits per heavy atom. The number of nitrogens with zero attached hydrogens (tertiary/aromatic N) is 3. The summed E-state index contributed by atoms with van der Waals surface area (Å²) in [4.78, 5) is 19.8. The van der Waals surface area contributed by atoms with E-state index < -0.39 is 0 Å². The van der Waals surface area contributed by atoms with Gasteiger partial charge in [0.25, 0.3) is 0 Å². The first-order valence-electron chi connectivity index (χ1n) is 11.7. The molecular formula is C28H26Cl2N4O2. The fourth-order valence-electron chi connectivity index (χ4n) is 4.63. The van der Waals surface area contributed by atoms with Gasteiger partial charge in [0, 0.05) is 54.9 Å². The normalized spacial score (nSPS) is 13.8. The molecule has 0 bridgehead atoms. The van der Waals surface area contributed by atoms with Crippen LogP contribution in [0.25, 0.3) is 17.0 Å². The molecule has 0 saturated heterocycles. The molecule has 0 spiro atoms. The summed E-state index contributed by atoms with van der Waals surface area (Å²) < 4.78 is 7.30. The number of aromatic nitrogens is 2. The number of carbonyl (C=O) groups is 1. The van der Waals surface area contributed by atoms with Crippen molar-refractivity contribution in [3.8, 4) is 5.75 Å². The molecule has 2 aromatic heterocycles. The van der Waals surface area contributed by atoms with Gasteiger partial charge in [-0.05, 0) is 59.2 Å². The van der Waals surface area contributed by atoms with Crippen molar-refractivity contribution in [2.45, 2.75) is 19.5 Å². The molecule has 8 heteroatoms. The van der Waals surface area contributed by atoms with Crippen LogP contribution in [-0.2, 0) is 19.5 Å². The summed E-state index contributed by atoms with van der Waals surface area (Å²) in [6.45, 7) is 2.80. The molecule has 0 saturated carbocycles. The number of pyridine rings is 1. The Hall–Kier alpha value is -3.32. The monoisotopic (exact) mass is 520 g/mol. The number of hydrogen-bond acceptors (Lipinski definition) is 4. The summed E-state index contributed by atoms with van der Waals surface area (Å²) in [5.74, 6) is 0.772. The molecule has 36 heavy (non-hydrogen) atoms. The minimum absolute atomic E-state index is 0.157. The lowest BCUT2D eigenvalue weighted by molar-refractivity contribution is 0.240. The third kappa shape index (κ3) is 5.26. The molecule has 0 radical (unpaired) electrons. The molecular weight excluding hydrogens is 495 g/mol. The highest BCUT2D eigenvalue weighted by Crippen LogP contribution is 2.33. The predicted molar refractivity (Wildman–Crippen MR) is 145 cm³/mol. The van der Waals surface area contributed by atoms with Crippen molar-refractivity contribution in [3.05, 3.63) is 99.4 Å². The first-order chi connectivity index (χ1) is 17.5. The maximum Gasteiger partial charge on any atom is 0.326 e. The topological polar surface area (TPSA) is 59.4 Å². The van der Waals surface area contributed by atoms with E-state index in [4.69, 9.17) is 27.9 Å². The highest BCUT2D eigenvalue weighted by molar-refractivity contribution is 6.30. The van der Waals surface area contributed by atoms with Crippen molar-refractivity contribution in [3.63, 3.8) is 0 Å². The Labute approximate surface area is 220 Å². The molecule has 5 rings (SSSR count). The summed E-state index contributed by atoms with van der Waals surface area (Å²) >= 11 is 12.0. The van der Waals surface area contributed by atoms with Gasteiger partial charge >= 0.3 is 6.03 Å². The van der Waals surface area contributed by atoms with E-state index in [9.17, 15) is 4.79 Å². The minimum Gasteiger partial charge on any atom is -0.497 e. The Balaban J connectivity index is 1.38. The van der Waals surface area contributed by atoms with Gasteiger partial charge in [0.05, 0.1) is 12.6 Å². The van der Waals surface area contributed by atoms with E-state index in [-0.39, 0.29) is 6.03 Å². The smallest absolute Gasteiger partial charge is 0.326 e. The van der Waals surface area contributed by atoms with Crippen LogP contribution in [0.15, 0.2) is 66.9 Å². The number of fused-ring (bicyclic) bond motifs is 3. The molecule has 2 aromatic carbocycles. The molecule has 6 nitrogen and oxygen atoms in total. The van der Waals surface area contributed by atoms with Crippen molar-refractivity contribution in [2.75, 3.05) is 20.2 Å². The Kier molecular flexibility index (Phi) is 7.28. The molecule has 0 aliphatic carbocycles. The lowest BCUT2D eigenvalue weighted by Crippen LogP contribution is -2.34. The third-order valence-electron chi connectivity index (χ3n) is 6.42. The van der Waals surface area contributed by atoms with E-state index in [0.29, 0.717) is 11.7 Å². The zero-order valence-electron chi connectivity index (χ0n) is 19.9. The summed E-state index contributed by atoms with van der Waals surface area (Å²) in [6, 6.07) is 17.1. The molecule has 3 heterocycles. The van der Waals surface area contributed by atoms with E-state index in [1.807, 2.05) is 53.1 Å². The number of rotatable bonds is 6. The van der Waals surface area contributed by atoms with E-state index in [1.165, 1.54) is 0 Å². The lowest BCUT2D eigenvalue weighted by Gasteiger charge is -2.27. The van der Waals surface area contributed by atoms with Gasteiger partial charge in [0.2, 0.25) is 0 Å². The van der Waals surface area contributed by atoms with Crippen LogP contribution in [0.5, 0.6) is 5.75 Å². The highest BCUT2D eigenvalue weighted by atomic mass is 35.5. The summed E-state index contributed by atoms with van der Waals surface area (Å²) in [5, 5.41) is 5.22. The van der Waals surface area contributed by atoms with Gasteiger partial charge in [-0.3, -0.25) is 9.47 Å². The molecule has 0 unspecified atom stereocenters. The second-order valence-corrected chi connectivity index (χ2v) is 9.55. The number of hydrogen-bond donors (Lipinski definition) is 1. The Morgan fingerprint density at radius 1 is 1.14 bits per heavy atom. The van der Waals surface area contributed by atoms with Crippen LogP contribution in [-0.4, -0.2) is 40.7 Å².